The third-order valence-corrected chi connectivity index (χ3v) is 5.66. The first-order chi connectivity index (χ1) is 9.83. The standard InChI is InChI=1S/C14H17FN2O2S2/c1-9-6-11(4-5-13(9)15)17-21(18,19)14-7-12(8-16-3)20-10(14)2/h4-7,16-17H,8H2,1-3H3. The molecule has 0 saturated carbocycles. The van der Waals surface area contributed by atoms with E-state index in [1.165, 1.54) is 29.5 Å². The molecule has 7 heteroatoms. The SMILES string of the molecule is CNCc1cc(S(=O)(=O)Nc2ccc(F)c(C)c2)c(C)s1. The Balaban J connectivity index is 2.31. The van der Waals surface area contributed by atoms with Crippen LogP contribution >= 0.6 is 11.3 Å². The molecule has 0 saturated heterocycles. The Labute approximate surface area is 128 Å². The summed E-state index contributed by atoms with van der Waals surface area (Å²) in [5, 5.41) is 2.99. The lowest BCUT2D eigenvalue weighted by Crippen LogP contribution is -2.13. The van der Waals surface area contributed by atoms with Crippen LogP contribution in [0.2, 0.25) is 0 Å². The van der Waals surface area contributed by atoms with Gasteiger partial charge in [-0.15, -0.1) is 11.3 Å². The fourth-order valence-corrected chi connectivity index (χ4v) is 4.67. The third kappa shape index (κ3) is 3.61. The smallest absolute Gasteiger partial charge is 0.263 e. The van der Waals surface area contributed by atoms with Gasteiger partial charge < -0.3 is 5.32 Å². The Kier molecular flexibility index (Phi) is 4.65. The van der Waals surface area contributed by atoms with Crippen molar-refractivity contribution < 1.29 is 12.8 Å². The second kappa shape index (κ2) is 6.13. The molecule has 0 radical (unpaired) electrons. The molecule has 0 atom stereocenters. The molecule has 0 aliphatic rings. The van der Waals surface area contributed by atoms with Gasteiger partial charge in [0.15, 0.2) is 0 Å². The molecule has 4 nitrogen and oxygen atoms in total. The van der Waals surface area contributed by atoms with Crippen LogP contribution in [0.15, 0.2) is 29.2 Å². The summed E-state index contributed by atoms with van der Waals surface area (Å²) >= 11 is 1.44. The van der Waals surface area contributed by atoms with E-state index in [4.69, 9.17) is 0 Å². The fraction of sp³-hybridized carbons (Fsp3) is 0.286. The van der Waals surface area contributed by atoms with Crippen molar-refractivity contribution in [1.82, 2.24) is 5.32 Å². The average Bonchev–Trinajstić information content (AvgIpc) is 2.76. The van der Waals surface area contributed by atoms with Crippen LogP contribution in [0.4, 0.5) is 10.1 Å². The number of thiophene rings is 1. The van der Waals surface area contributed by atoms with Gasteiger partial charge >= 0.3 is 0 Å². The number of nitrogens with one attached hydrogen (secondary N) is 2. The molecule has 2 N–H and O–H groups in total. The van der Waals surface area contributed by atoms with Gasteiger partial charge in [-0.3, -0.25) is 4.72 Å². The molecule has 2 rings (SSSR count). The molecule has 0 spiro atoms. The van der Waals surface area contributed by atoms with Crippen molar-refractivity contribution in [3.8, 4) is 0 Å². The highest BCUT2D eigenvalue weighted by atomic mass is 32.2. The first-order valence-electron chi connectivity index (χ1n) is 6.36. The molecule has 0 unspecified atom stereocenters. The van der Waals surface area contributed by atoms with Crippen molar-refractivity contribution >= 4 is 27.0 Å². The van der Waals surface area contributed by atoms with E-state index < -0.39 is 10.0 Å². The summed E-state index contributed by atoms with van der Waals surface area (Å²) in [4.78, 5) is 1.94. The van der Waals surface area contributed by atoms with E-state index in [0.717, 1.165) is 9.75 Å². The predicted molar refractivity (Wildman–Crippen MR) is 83.8 cm³/mol. The summed E-state index contributed by atoms with van der Waals surface area (Å²) < 4.78 is 40.6. The van der Waals surface area contributed by atoms with Gasteiger partial charge in [-0.05, 0) is 50.7 Å². The molecular formula is C14H17FN2O2S2. The highest BCUT2D eigenvalue weighted by Gasteiger charge is 2.20. The van der Waals surface area contributed by atoms with Crippen LogP contribution in [0.5, 0.6) is 0 Å². The number of anilines is 1. The molecule has 0 bridgehead atoms. The molecule has 21 heavy (non-hydrogen) atoms. The van der Waals surface area contributed by atoms with Crippen LogP contribution in [-0.2, 0) is 16.6 Å². The van der Waals surface area contributed by atoms with Gasteiger partial charge in [0, 0.05) is 22.0 Å². The van der Waals surface area contributed by atoms with Gasteiger partial charge in [0.25, 0.3) is 10.0 Å². The van der Waals surface area contributed by atoms with Gasteiger partial charge in [-0.2, -0.15) is 0 Å². The van der Waals surface area contributed by atoms with Gasteiger partial charge in [0.05, 0.1) is 0 Å². The van der Waals surface area contributed by atoms with Gasteiger partial charge in [-0.25, -0.2) is 12.8 Å². The lowest BCUT2D eigenvalue weighted by molar-refractivity contribution is 0.600. The number of sulfonamides is 1. The number of hydrogen-bond donors (Lipinski definition) is 2. The number of hydrogen-bond acceptors (Lipinski definition) is 4. The minimum atomic E-state index is -3.66. The van der Waals surface area contributed by atoms with E-state index in [-0.39, 0.29) is 10.7 Å². The number of benzene rings is 1. The van der Waals surface area contributed by atoms with E-state index in [1.54, 1.807) is 19.9 Å². The maximum atomic E-state index is 13.2. The molecular weight excluding hydrogens is 311 g/mol. The highest BCUT2D eigenvalue weighted by molar-refractivity contribution is 7.93. The molecule has 0 aliphatic carbocycles. The molecule has 0 fully saturated rings. The maximum absolute atomic E-state index is 13.2. The number of aryl methyl sites for hydroxylation is 2. The lowest BCUT2D eigenvalue weighted by Gasteiger charge is -2.08. The quantitative estimate of drug-likeness (QED) is 0.887. The van der Waals surface area contributed by atoms with Crippen molar-refractivity contribution in [3.05, 3.63) is 45.4 Å². The highest BCUT2D eigenvalue weighted by Crippen LogP contribution is 2.27. The van der Waals surface area contributed by atoms with E-state index in [2.05, 4.69) is 10.0 Å². The molecule has 1 heterocycles. The zero-order valence-corrected chi connectivity index (χ0v) is 13.7. The van der Waals surface area contributed by atoms with Crippen molar-refractivity contribution in [2.24, 2.45) is 0 Å². The van der Waals surface area contributed by atoms with E-state index in [9.17, 15) is 12.8 Å². The number of rotatable bonds is 5. The van der Waals surface area contributed by atoms with E-state index in [0.29, 0.717) is 17.8 Å². The van der Waals surface area contributed by atoms with Crippen molar-refractivity contribution in [3.63, 3.8) is 0 Å². The monoisotopic (exact) mass is 328 g/mol. The fourth-order valence-electron chi connectivity index (χ4n) is 1.97. The van der Waals surface area contributed by atoms with Crippen molar-refractivity contribution in [2.45, 2.75) is 25.3 Å². The van der Waals surface area contributed by atoms with Gasteiger partial charge in [-0.1, -0.05) is 0 Å². The van der Waals surface area contributed by atoms with Crippen LogP contribution in [0.1, 0.15) is 15.3 Å². The molecule has 1 aromatic carbocycles. The Morgan fingerprint density at radius 2 is 1.95 bits per heavy atom. The second-order valence-electron chi connectivity index (χ2n) is 4.73. The Morgan fingerprint density at radius 1 is 1.24 bits per heavy atom. The number of halogens is 1. The second-order valence-corrected chi connectivity index (χ2v) is 7.72. The summed E-state index contributed by atoms with van der Waals surface area (Å²) in [5.74, 6) is -0.360. The largest absolute Gasteiger partial charge is 0.315 e. The van der Waals surface area contributed by atoms with Crippen LogP contribution in [-0.4, -0.2) is 15.5 Å². The summed E-state index contributed by atoms with van der Waals surface area (Å²) in [7, 11) is -1.85. The topological polar surface area (TPSA) is 58.2 Å². The Hall–Kier alpha value is -1.44. The average molecular weight is 328 g/mol. The summed E-state index contributed by atoms with van der Waals surface area (Å²) in [6.07, 6.45) is 0. The Bertz CT molecular complexity index is 754. The molecule has 0 amide bonds. The summed E-state index contributed by atoms with van der Waals surface area (Å²) in [6.45, 7) is 3.99. The summed E-state index contributed by atoms with van der Waals surface area (Å²) in [6, 6.07) is 5.80. The minimum Gasteiger partial charge on any atom is -0.315 e. The van der Waals surface area contributed by atoms with Crippen LogP contribution in [0.25, 0.3) is 0 Å². The molecule has 114 valence electrons. The molecule has 0 aliphatic heterocycles. The molecule has 1 aromatic heterocycles. The first-order valence-corrected chi connectivity index (χ1v) is 8.66. The van der Waals surface area contributed by atoms with Crippen LogP contribution < -0.4 is 10.0 Å². The zero-order chi connectivity index (χ0) is 15.6. The minimum absolute atomic E-state index is 0.264. The van der Waals surface area contributed by atoms with Gasteiger partial charge in [0.2, 0.25) is 0 Å². The van der Waals surface area contributed by atoms with E-state index in [1.807, 2.05) is 7.05 Å². The first kappa shape index (κ1) is 15.9. The van der Waals surface area contributed by atoms with Gasteiger partial charge in [0.1, 0.15) is 10.7 Å². The normalized spacial score (nSPS) is 11.6. The van der Waals surface area contributed by atoms with E-state index >= 15 is 0 Å². The Morgan fingerprint density at radius 3 is 2.57 bits per heavy atom. The predicted octanol–water partition coefficient (Wildman–Crippen LogP) is 3.02. The van der Waals surface area contributed by atoms with Crippen LogP contribution in [0.3, 0.4) is 0 Å². The van der Waals surface area contributed by atoms with Crippen molar-refractivity contribution in [1.29, 1.82) is 0 Å². The summed E-state index contributed by atoms with van der Waals surface area (Å²) in [5.41, 5.74) is 0.753. The molecule has 2 aromatic rings. The van der Waals surface area contributed by atoms with Crippen LogP contribution in [0, 0.1) is 19.7 Å². The third-order valence-electron chi connectivity index (χ3n) is 2.97. The zero-order valence-electron chi connectivity index (χ0n) is 12.0. The maximum Gasteiger partial charge on any atom is 0.263 e. The van der Waals surface area contributed by atoms with Crippen molar-refractivity contribution in [2.75, 3.05) is 11.8 Å². The lowest BCUT2D eigenvalue weighted by atomic mass is 10.2.